The molecule has 2 aromatic heterocycles. The van der Waals surface area contributed by atoms with Gasteiger partial charge >= 0.3 is 0 Å². The average molecular weight is 477 g/mol. The molecule has 0 saturated heterocycles. The predicted octanol–water partition coefficient (Wildman–Crippen LogP) is 4.48. The maximum Gasteiger partial charge on any atom is 0.141 e. The van der Waals surface area contributed by atoms with E-state index in [9.17, 15) is 9.00 Å². The highest BCUT2D eigenvalue weighted by Crippen LogP contribution is 2.39. The fourth-order valence-electron chi connectivity index (χ4n) is 4.19. The Morgan fingerprint density at radius 2 is 2.03 bits per heavy atom. The van der Waals surface area contributed by atoms with Crippen molar-refractivity contribution in [3.05, 3.63) is 47.9 Å². The second kappa shape index (κ2) is 8.47. The Labute approximate surface area is 199 Å². The van der Waals surface area contributed by atoms with Gasteiger partial charge in [0, 0.05) is 56.6 Å². The van der Waals surface area contributed by atoms with Crippen molar-refractivity contribution in [2.24, 2.45) is 22.3 Å². The highest BCUT2D eigenvalue weighted by molar-refractivity contribution is 7.93. The number of aryl methyl sites for hydroxylation is 1. The minimum atomic E-state index is -2.66. The average Bonchev–Trinajstić information content (AvgIpc) is 3.46. The molecule has 1 aliphatic carbocycles. The van der Waals surface area contributed by atoms with Gasteiger partial charge in [0.15, 0.2) is 0 Å². The quantitative estimate of drug-likeness (QED) is 0.542. The normalized spacial score (nSPS) is 16.5. The molecular formula is C25H28N6O2S. The predicted molar refractivity (Wildman–Crippen MR) is 135 cm³/mol. The van der Waals surface area contributed by atoms with E-state index >= 15 is 0 Å². The number of pyridine rings is 1. The summed E-state index contributed by atoms with van der Waals surface area (Å²) in [5.41, 5.74) is 6.47. The van der Waals surface area contributed by atoms with Gasteiger partial charge in [0.25, 0.3) is 0 Å². The number of anilines is 2. The number of hydrogen-bond acceptors (Lipinski definition) is 7. The van der Waals surface area contributed by atoms with Gasteiger partial charge in [-0.25, -0.2) is 8.57 Å². The Morgan fingerprint density at radius 1 is 1.24 bits per heavy atom. The van der Waals surface area contributed by atoms with Crippen molar-refractivity contribution in [1.82, 2.24) is 14.8 Å². The largest absolute Gasteiger partial charge is 0.353 e. The maximum atomic E-state index is 13.4. The molecular weight excluding hydrogens is 448 g/mol. The lowest BCUT2D eigenvalue weighted by Gasteiger charge is -2.17. The number of hydrogen-bond donors (Lipinski definition) is 1. The first-order valence-corrected chi connectivity index (χ1v) is 13.3. The molecule has 3 aromatic rings. The summed E-state index contributed by atoms with van der Waals surface area (Å²) in [5.74, 6) is 0.432. The van der Waals surface area contributed by atoms with E-state index in [1.54, 1.807) is 18.0 Å². The number of aromatic nitrogens is 3. The summed E-state index contributed by atoms with van der Waals surface area (Å²) in [4.78, 5) is 22.5. The van der Waals surface area contributed by atoms with Crippen molar-refractivity contribution < 1.29 is 9.00 Å². The third-order valence-electron chi connectivity index (χ3n) is 6.25. The van der Waals surface area contributed by atoms with E-state index in [2.05, 4.69) is 14.8 Å². The summed E-state index contributed by atoms with van der Waals surface area (Å²) in [5, 5.41) is 7.93. The second-order valence-corrected chi connectivity index (χ2v) is 11.5. The molecule has 0 radical (unpaired) electrons. The zero-order valence-electron chi connectivity index (χ0n) is 19.8. The second-order valence-electron chi connectivity index (χ2n) is 9.09. The van der Waals surface area contributed by atoms with Crippen molar-refractivity contribution in [2.45, 2.75) is 37.5 Å². The number of benzene rings is 1. The van der Waals surface area contributed by atoms with Crippen molar-refractivity contribution in [3.63, 3.8) is 0 Å². The van der Waals surface area contributed by atoms with Gasteiger partial charge in [-0.1, -0.05) is 6.07 Å². The fourth-order valence-corrected chi connectivity index (χ4v) is 5.26. The van der Waals surface area contributed by atoms with Crippen molar-refractivity contribution >= 4 is 38.3 Å². The van der Waals surface area contributed by atoms with Crippen molar-refractivity contribution in [2.75, 3.05) is 18.6 Å². The molecule has 34 heavy (non-hydrogen) atoms. The molecule has 5 rings (SSSR count). The van der Waals surface area contributed by atoms with Crippen molar-refractivity contribution in [1.29, 1.82) is 0 Å². The number of ketones is 1. The molecule has 0 amide bonds. The minimum Gasteiger partial charge on any atom is -0.353 e. The van der Waals surface area contributed by atoms with Crippen LogP contribution in [0.3, 0.4) is 0 Å². The fraction of sp³-hybridized carbons (Fsp3) is 0.360. The van der Waals surface area contributed by atoms with Crippen LogP contribution in [0, 0.1) is 5.92 Å². The van der Waals surface area contributed by atoms with Crippen molar-refractivity contribution in [3.8, 4) is 11.3 Å². The van der Waals surface area contributed by atoms with Crippen LogP contribution in [0.5, 0.6) is 0 Å². The molecule has 3 heterocycles. The van der Waals surface area contributed by atoms with Gasteiger partial charge < -0.3 is 5.32 Å². The van der Waals surface area contributed by atoms with Crippen LogP contribution >= 0.6 is 0 Å². The van der Waals surface area contributed by atoms with E-state index in [1.807, 2.05) is 50.5 Å². The maximum absolute atomic E-state index is 13.4. The van der Waals surface area contributed by atoms with Gasteiger partial charge in [-0.15, -0.1) is 0 Å². The number of aliphatic imine (C=N–C) groups is 1. The Bertz CT molecular complexity index is 1460. The molecule has 8 nitrogen and oxygen atoms in total. The number of nitrogens with one attached hydrogen (secondary N) is 1. The first-order chi connectivity index (χ1) is 16.2. The molecule has 0 bridgehead atoms. The minimum absolute atomic E-state index is 0.186. The molecule has 1 atom stereocenters. The van der Waals surface area contributed by atoms with E-state index in [-0.39, 0.29) is 11.7 Å². The molecule has 2 aliphatic rings. The third kappa shape index (κ3) is 4.40. The molecule has 1 fully saturated rings. The summed E-state index contributed by atoms with van der Waals surface area (Å²) < 4.78 is 19.3. The summed E-state index contributed by atoms with van der Waals surface area (Å²) in [6, 6.07) is 9.56. The first kappa shape index (κ1) is 22.5. The molecule has 1 unspecified atom stereocenters. The molecule has 176 valence electrons. The van der Waals surface area contributed by atoms with Crippen LogP contribution in [0.2, 0.25) is 0 Å². The highest BCUT2D eigenvalue weighted by atomic mass is 32.2. The van der Waals surface area contributed by atoms with E-state index < -0.39 is 9.73 Å². The summed E-state index contributed by atoms with van der Waals surface area (Å²) in [7, 11) is 0.775. The third-order valence-corrected chi connectivity index (χ3v) is 8.10. The van der Waals surface area contributed by atoms with Gasteiger partial charge in [-0.05, 0) is 44.0 Å². The Balaban J connectivity index is 1.57. The lowest BCUT2D eigenvalue weighted by Crippen LogP contribution is -2.09. The molecule has 9 heteroatoms. The number of nitrogens with zero attached hydrogens (tertiary/aromatic N) is 5. The van der Waals surface area contributed by atoms with Gasteiger partial charge in [0.2, 0.25) is 0 Å². The monoisotopic (exact) mass is 476 g/mol. The Kier molecular flexibility index (Phi) is 5.59. The van der Waals surface area contributed by atoms with Crippen LogP contribution in [0.25, 0.3) is 11.3 Å². The zero-order chi connectivity index (χ0) is 24.0. The number of rotatable bonds is 7. The summed E-state index contributed by atoms with van der Waals surface area (Å²) >= 11 is 0. The topological polar surface area (TPSA) is 102 Å². The molecule has 1 aromatic carbocycles. The van der Waals surface area contributed by atoms with Crippen LogP contribution < -0.4 is 5.32 Å². The van der Waals surface area contributed by atoms with Crippen LogP contribution in [0.1, 0.15) is 31.2 Å². The van der Waals surface area contributed by atoms with Gasteiger partial charge in [0.1, 0.15) is 11.5 Å². The lowest BCUT2D eigenvalue weighted by molar-refractivity contribution is -0.119. The smallest absolute Gasteiger partial charge is 0.141 e. The van der Waals surface area contributed by atoms with Crippen LogP contribution in [-0.2, 0) is 34.4 Å². The van der Waals surface area contributed by atoms with Crippen LogP contribution in [-0.4, -0.2) is 43.8 Å². The van der Waals surface area contributed by atoms with E-state index in [1.165, 1.54) is 0 Å². The summed E-state index contributed by atoms with van der Waals surface area (Å²) in [6.45, 7) is 1.97. The van der Waals surface area contributed by atoms with Crippen LogP contribution in [0.4, 0.5) is 17.1 Å². The van der Waals surface area contributed by atoms with E-state index in [4.69, 9.17) is 9.98 Å². The number of Topliss-reactive ketones (excluding diaryl/α,β-unsaturated/α-hetero) is 1. The SMILES string of the molecule is CN=S(C)(=O)c1cc(-c2ccn(C)n2)ccc1Nc1cc(CC(=O)C2CC2)nc2c1N=C(C)C2. The Hall–Kier alpha value is -3.33. The standard InChI is InChI=1S/C25H28N6O2S/c1-15-11-21-25(27-15)22(13-18(28-21)14-23(32)16-5-6-16)29-20-8-7-17(19-9-10-31(3)30-19)12-24(20)34(4,33)26-2/h7-10,12-13,16H,5-6,11,14H2,1-4H3,(H,28,29). The highest BCUT2D eigenvalue weighted by Gasteiger charge is 2.30. The Morgan fingerprint density at radius 3 is 2.71 bits per heavy atom. The lowest BCUT2D eigenvalue weighted by atomic mass is 10.1. The van der Waals surface area contributed by atoms with Crippen LogP contribution in [0.15, 0.2) is 50.8 Å². The molecule has 0 spiro atoms. The van der Waals surface area contributed by atoms with Gasteiger partial charge in [0.05, 0.1) is 43.1 Å². The van der Waals surface area contributed by atoms with E-state index in [0.29, 0.717) is 23.4 Å². The molecule has 1 aliphatic heterocycles. The first-order valence-electron chi connectivity index (χ1n) is 11.3. The number of fused-ring (bicyclic) bond motifs is 1. The summed E-state index contributed by atoms with van der Waals surface area (Å²) in [6.07, 6.45) is 6.46. The zero-order valence-corrected chi connectivity index (χ0v) is 20.6. The van der Waals surface area contributed by atoms with E-state index in [0.717, 1.165) is 52.6 Å². The molecule has 1 N–H and O–H groups in total. The van der Waals surface area contributed by atoms with Gasteiger partial charge in [-0.2, -0.15) is 5.10 Å². The number of carbonyl (C=O) groups excluding carboxylic acids is 1. The molecule has 1 saturated carbocycles. The van der Waals surface area contributed by atoms with Gasteiger partial charge in [-0.3, -0.25) is 19.5 Å². The number of carbonyl (C=O) groups is 1.